The van der Waals surface area contributed by atoms with Crippen LogP contribution in [-0.2, 0) is 9.47 Å². The maximum atomic E-state index is 9.47. The molecule has 0 amide bonds. The molecule has 19 heavy (non-hydrogen) atoms. The third-order valence-electron chi connectivity index (χ3n) is 4.36. The van der Waals surface area contributed by atoms with Crippen molar-refractivity contribution in [3.8, 4) is 6.07 Å². The highest BCUT2D eigenvalue weighted by molar-refractivity contribution is 5.01. The Morgan fingerprint density at radius 2 is 1.95 bits per heavy atom. The van der Waals surface area contributed by atoms with Crippen molar-refractivity contribution in [2.24, 2.45) is 11.3 Å². The minimum atomic E-state index is -0.106. The van der Waals surface area contributed by atoms with E-state index in [0.29, 0.717) is 0 Å². The van der Waals surface area contributed by atoms with Crippen LogP contribution in [0.3, 0.4) is 0 Å². The van der Waals surface area contributed by atoms with Crippen molar-refractivity contribution >= 4 is 0 Å². The Morgan fingerprint density at radius 3 is 2.53 bits per heavy atom. The van der Waals surface area contributed by atoms with E-state index < -0.39 is 0 Å². The van der Waals surface area contributed by atoms with Crippen molar-refractivity contribution in [2.45, 2.75) is 58.3 Å². The summed E-state index contributed by atoms with van der Waals surface area (Å²) >= 11 is 0. The predicted molar refractivity (Wildman–Crippen MR) is 76.8 cm³/mol. The Labute approximate surface area is 118 Å². The Bertz CT molecular complexity index is 264. The molecule has 0 unspecified atom stereocenters. The van der Waals surface area contributed by atoms with Crippen molar-refractivity contribution in [3.63, 3.8) is 0 Å². The summed E-state index contributed by atoms with van der Waals surface area (Å²) in [5.74, 6) is 0.856. The maximum absolute atomic E-state index is 9.47. The highest BCUT2D eigenvalue weighted by Crippen LogP contribution is 2.42. The smallest absolute Gasteiger partial charge is 0.0690 e. The third-order valence-corrected chi connectivity index (χ3v) is 4.36. The van der Waals surface area contributed by atoms with Crippen molar-refractivity contribution < 1.29 is 9.47 Å². The van der Waals surface area contributed by atoms with Crippen molar-refractivity contribution in [2.75, 3.05) is 26.9 Å². The topological polar surface area (TPSA) is 42.2 Å². The molecule has 3 nitrogen and oxygen atoms in total. The molecule has 0 bridgehead atoms. The molecule has 1 saturated carbocycles. The number of nitriles is 1. The molecule has 1 fully saturated rings. The van der Waals surface area contributed by atoms with Gasteiger partial charge in [-0.25, -0.2) is 0 Å². The number of hydrogen-bond acceptors (Lipinski definition) is 3. The van der Waals surface area contributed by atoms with E-state index >= 15 is 0 Å². The Balaban J connectivity index is 2.20. The lowest BCUT2D eigenvalue weighted by atomic mass is 9.69. The van der Waals surface area contributed by atoms with Gasteiger partial charge in [-0.15, -0.1) is 0 Å². The number of rotatable bonds is 9. The number of hydrogen-bond donors (Lipinski definition) is 0. The molecule has 0 aromatic heterocycles. The highest BCUT2D eigenvalue weighted by Gasteiger charge is 2.34. The van der Waals surface area contributed by atoms with E-state index in [1.807, 2.05) is 0 Å². The first kappa shape index (κ1) is 16.5. The largest absolute Gasteiger partial charge is 0.385 e. The summed E-state index contributed by atoms with van der Waals surface area (Å²) < 4.78 is 10.6. The average molecular weight is 267 g/mol. The summed E-state index contributed by atoms with van der Waals surface area (Å²) in [6.45, 7) is 4.46. The zero-order valence-electron chi connectivity index (χ0n) is 12.6. The van der Waals surface area contributed by atoms with Gasteiger partial charge in [-0.2, -0.15) is 5.26 Å². The van der Waals surface area contributed by atoms with Gasteiger partial charge in [0.25, 0.3) is 0 Å². The van der Waals surface area contributed by atoms with Gasteiger partial charge in [-0.05, 0) is 44.4 Å². The van der Waals surface area contributed by atoms with Crippen LogP contribution in [0.5, 0.6) is 0 Å². The molecular formula is C16H29NO2. The van der Waals surface area contributed by atoms with Crippen LogP contribution in [0.15, 0.2) is 0 Å². The molecule has 0 atom stereocenters. The van der Waals surface area contributed by atoms with E-state index in [-0.39, 0.29) is 5.41 Å². The van der Waals surface area contributed by atoms with Crippen LogP contribution in [0.4, 0.5) is 0 Å². The molecule has 110 valence electrons. The van der Waals surface area contributed by atoms with Crippen LogP contribution in [0, 0.1) is 22.7 Å². The van der Waals surface area contributed by atoms with Gasteiger partial charge in [0.1, 0.15) is 0 Å². The van der Waals surface area contributed by atoms with E-state index in [4.69, 9.17) is 9.47 Å². The van der Waals surface area contributed by atoms with Crippen LogP contribution in [-0.4, -0.2) is 26.9 Å². The van der Waals surface area contributed by atoms with Gasteiger partial charge in [0.15, 0.2) is 0 Å². The predicted octanol–water partition coefficient (Wildman–Crippen LogP) is 3.93. The van der Waals surface area contributed by atoms with Gasteiger partial charge >= 0.3 is 0 Å². The quantitative estimate of drug-likeness (QED) is 0.594. The minimum absolute atomic E-state index is 0.106. The van der Waals surface area contributed by atoms with Gasteiger partial charge in [-0.1, -0.05) is 19.8 Å². The standard InChI is InChI=1S/C16H29NO2/c1-3-5-15-6-8-16(14-17,9-7-15)10-13-19-12-4-11-18-2/h15H,3-13H2,1-2H3. The summed E-state index contributed by atoms with van der Waals surface area (Å²) in [7, 11) is 1.71. The molecule has 0 aromatic rings. The number of methoxy groups -OCH3 is 1. The summed E-state index contributed by atoms with van der Waals surface area (Å²) in [6, 6.07) is 2.58. The monoisotopic (exact) mass is 267 g/mol. The van der Waals surface area contributed by atoms with Gasteiger partial charge in [0, 0.05) is 26.9 Å². The second kappa shape index (κ2) is 9.34. The molecule has 0 aliphatic heterocycles. The minimum Gasteiger partial charge on any atom is -0.385 e. The van der Waals surface area contributed by atoms with E-state index in [0.717, 1.165) is 51.4 Å². The van der Waals surface area contributed by atoms with Crippen molar-refractivity contribution in [3.05, 3.63) is 0 Å². The molecule has 3 heteroatoms. The zero-order valence-corrected chi connectivity index (χ0v) is 12.6. The molecule has 0 radical (unpaired) electrons. The molecule has 1 rings (SSSR count). The van der Waals surface area contributed by atoms with Crippen LogP contribution >= 0.6 is 0 Å². The van der Waals surface area contributed by atoms with Gasteiger partial charge in [0.05, 0.1) is 11.5 Å². The number of nitrogens with zero attached hydrogens (tertiary/aromatic N) is 1. The van der Waals surface area contributed by atoms with Gasteiger partial charge in [-0.3, -0.25) is 0 Å². The zero-order chi connectivity index (χ0) is 14.0. The number of ether oxygens (including phenoxy) is 2. The second-order valence-corrected chi connectivity index (χ2v) is 5.83. The van der Waals surface area contributed by atoms with Crippen LogP contribution in [0.1, 0.15) is 58.3 Å². The summed E-state index contributed by atoms with van der Waals surface area (Å²) in [4.78, 5) is 0. The van der Waals surface area contributed by atoms with Gasteiger partial charge < -0.3 is 9.47 Å². The van der Waals surface area contributed by atoms with Crippen molar-refractivity contribution in [1.29, 1.82) is 5.26 Å². The summed E-state index contributed by atoms with van der Waals surface area (Å²) in [5, 5.41) is 9.47. The normalized spacial score (nSPS) is 27.1. The Morgan fingerprint density at radius 1 is 1.21 bits per heavy atom. The Hall–Kier alpha value is -0.590. The molecule has 1 aliphatic rings. The van der Waals surface area contributed by atoms with Crippen molar-refractivity contribution in [1.82, 2.24) is 0 Å². The van der Waals surface area contributed by atoms with E-state index in [2.05, 4.69) is 13.0 Å². The Kier molecular flexibility index (Phi) is 8.09. The fourth-order valence-electron chi connectivity index (χ4n) is 3.02. The van der Waals surface area contributed by atoms with E-state index in [9.17, 15) is 5.26 Å². The molecule has 0 saturated heterocycles. The van der Waals surface area contributed by atoms with Gasteiger partial charge in [0.2, 0.25) is 0 Å². The summed E-state index contributed by atoms with van der Waals surface area (Å²) in [6.07, 6.45) is 9.02. The third kappa shape index (κ3) is 5.93. The van der Waals surface area contributed by atoms with E-state index in [1.165, 1.54) is 25.7 Å². The fourth-order valence-corrected chi connectivity index (χ4v) is 3.02. The first-order valence-corrected chi connectivity index (χ1v) is 7.74. The lowest BCUT2D eigenvalue weighted by Crippen LogP contribution is -2.27. The fraction of sp³-hybridized carbons (Fsp3) is 0.938. The van der Waals surface area contributed by atoms with Crippen LogP contribution in [0.25, 0.3) is 0 Å². The average Bonchev–Trinajstić information content (AvgIpc) is 2.45. The molecule has 0 heterocycles. The first-order valence-electron chi connectivity index (χ1n) is 7.74. The van der Waals surface area contributed by atoms with Crippen LogP contribution < -0.4 is 0 Å². The first-order chi connectivity index (χ1) is 9.26. The maximum Gasteiger partial charge on any atom is 0.0690 e. The molecule has 1 aliphatic carbocycles. The lowest BCUT2D eigenvalue weighted by Gasteiger charge is -2.34. The molecule has 0 aromatic carbocycles. The molecular weight excluding hydrogens is 238 g/mol. The highest BCUT2D eigenvalue weighted by atomic mass is 16.5. The second-order valence-electron chi connectivity index (χ2n) is 5.83. The lowest BCUT2D eigenvalue weighted by molar-refractivity contribution is 0.0732. The molecule has 0 spiro atoms. The van der Waals surface area contributed by atoms with Crippen LogP contribution in [0.2, 0.25) is 0 Å². The SMILES string of the molecule is CCCC1CCC(C#N)(CCOCCCOC)CC1. The van der Waals surface area contributed by atoms with E-state index in [1.54, 1.807) is 7.11 Å². The molecule has 0 N–H and O–H groups in total. The summed E-state index contributed by atoms with van der Waals surface area (Å²) in [5.41, 5.74) is -0.106.